The van der Waals surface area contributed by atoms with E-state index >= 15 is 0 Å². The molecule has 0 aliphatic carbocycles. The lowest BCUT2D eigenvalue weighted by Gasteiger charge is -2.34. The smallest absolute Gasteiger partial charge is 0.243 e. The number of aromatic nitrogens is 2. The summed E-state index contributed by atoms with van der Waals surface area (Å²) in [7, 11) is 0. The second-order valence-corrected chi connectivity index (χ2v) is 6.54. The van der Waals surface area contributed by atoms with E-state index in [9.17, 15) is 0 Å². The number of rotatable bonds is 4. The Balaban J connectivity index is 1.60. The van der Waals surface area contributed by atoms with Gasteiger partial charge in [-0.2, -0.15) is 4.98 Å². The third kappa shape index (κ3) is 3.22. The Morgan fingerprint density at radius 1 is 1.09 bits per heavy atom. The molecule has 22 heavy (non-hydrogen) atoms. The normalized spacial score (nSPS) is 18.7. The van der Waals surface area contributed by atoms with Crippen molar-refractivity contribution in [1.29, 1.82) is 0 Å². The number of nitrogens with zero attached hydrogens (tertiary/aromatic N) is 3. The lowest BCUT2D eigenvalue weighted by atomic mass is 9.89. The lowest BCUT2D eigenvalue weighted by molar-refractivity contribution is 0.136. The molecule has 1 aromatic carbocycles. The van der Waals surface area contributed by atoms with Crippen LogP contribution in [0.3, 0.4) is 0 Å². The number of benzene rings is 1. The van der Waals surface area contributed by atoms with Gasteiger partial charge < -0.3 is 4.52 Å². The van der Waals surface area contributed by atoms with Crippen LogP contribution in [0.15, 0.2) is 34.9 Å². The first-order valence-corrected chi connectivity index (χ1v) is 8.27. The van der Waals surface area contributed by atoms with Crippen LogP contribution in [0.5, 0.6) is 0 Å². The molecule has 4 nitrogen and oxygen atoms in total. The molecular weight excluding hydrogens is 274 g/mol. The van der Waals surface area contributed by atoms with Gasteiger partial charge in [-0.05, 0) is 44.3 Å². The molecule has 0 N–H and O–H groups in total. The molecule has 1 saturated heterocycles. The van der Waals surface area contributed by atoms with Crippen LogP contribution in [0.25, 0.3) is 0 Å². The van der Waals surface area contributed by atoms with Gasteiger partial charge in [0, 0.05) is 5.92 Å². The fourth-order valence-corrected chi connectivity index (χ4v) is 3.15. The first-order valence-electron chi connectivity index (χ1n) is 8.27. The summed E-state index contributed by atoms with van der Waals surface area (Å²) in [5.74, 6) is 2.55. The Morgan fingerprint density at radius 3 is 2.36 bits per heavy atom. The molecule has 0 radical (unpaired) electrons. The van der Waals surface area contributed by atoms with Gasteiger partial charge in [-0.25, -0.2) is 0 Å². The zero-order valence-electron chi connectivity index (χ0n) is 13.7. The Kier molecular flexibility index (Phi) is 4.57. The van der Waals surface area contributed by atoms with Crippen molar-refractivity contribution in [2.75, 3.05) is 13.1 Å². The molecule has 1 aliphatic rings. The highest BCUT2D eigenvalue weighted by Gasteiger charge is 2.27. The third-order valence-corrected chi connectivity index (χ3v) is 4.68. The quantitative estimate of drug-likeness (QED) is 0.851. The summed E-state index contributed by atoms with van der Waals surface area (Å²) in [6.07, 6.45) is 2.39. The van der Waals surface area contributed by atoms with Gasteiger partial charge in [0.05, 0.1) is 6.04 Å². The summed E-state index contributed by atoms with van der Waals surface area (Å²) in [5.41, 5.74) is 1.47. The van der Waals surface area contributed by atoms with E-state index in [0.29, 0.717) is 11.8 Å². The number of hydrogen-bond acceptors (Lipinski definition) is 4. The maximum absolute atomic E-state index is 5.45. The standard InChI is InChI=1S/C18H25N3O/c1-13(2)17-19-18(22-20-17)14(3)21-11-9-16(10-12-21)15-7-5-4-6-8-15/h4-8,13-14,16H,9-12H2,1-3H3. The highest BCUT2D eigenvalue weighted by atomic mass is 16.5. The Hall–Kier alpha value is -1.68. The minimum atomic E-state index is 0.205. The van der Waals surface area contributed by atoms with Crippen molar-refractivity contribution in [1.82, 2.24) is 15.0 Å². The monoisotopic (exact) mass is 299 g/mol. The van der Waals surface area contributed by atoms with Crippen molar-refractivity contribution in [3.05, 3.63) is 47.6 Å². The molecule has 0 spiro atoms. The van der Waals surface area contributed by atoms with Crippen LogP contribution < -0.4 is 0 Å². The number of hydrogen-bond donors (Lipinski definition) is 0. The fourth-order valence-electron chi connectivity index (χ4n) is 3.15. The van der Waals surface area contributed by atoms with Crippen molar-refractivity contribution >= 4 is 0 Å². The lowest BCUT2D eigenvalue weighted by Crippen LogP contribution is -2.35. The summed E-state index contributed by atoms with van der Waals surface area (Å²) in [6, 6.07) is 11.1. The average molecular weight is 299 g/mol. The van der Waals surface area contributed by atoms with Gasteiger partial charge in [-0.15, -0.1) is 0 Å². The molecule has 118 valence electrons. The minimum Gasteiger partial charge on any atom is -0.338 e. The first-order chi connectivity index (χ1) is 10.6. The summed E-state index contributed by atoms with van der Waals surface area (Å²) in [4.78, 5) is 7.00. The second kappa shape index (κ2) is 6.61. The van der Waals surface area contributed by atoms with Crippen LogP contribution in [0.4, 0.5) is 0 Å². The van der Waals surface area contributed by atoms with Crippen molar-refractivity contribution in [2.24, 2.45) is 0 Å². The molecule has 1 atom stereocenters. The number of likely N-dealkylation sites (tertiary alicyclic amines) is 1. The van der Waals surface area contributed by atoms with Crippen LogP contribution in [-0.2, 0) is 0 Å². The van der Waals surface area contributed by atoms with Gasteiger partial charge in [-0.3, -0.25) is 4.90 Å². The molecule has 2 aromatic rings. The summed E-state index contributed by atoms with van der Waals surface area (Å²) in [5, 5.41) is 4.08. The predicted octanol–water partition coefficient (Wildman–Crippen LogP) is 4.13. The Morgan fingerprint density at radius 2 is 1.77 bits per heavy atom. The van der Waals surface area contributed by atoms with E-state index in [1.807, 2.05) is 0 Å². The summed E-state index contributed by atoms with van der Waals surface area (Å²) in [6.45, 7) is 8.51. The van der Waals surface area contributed by atoms with E-state index in [-0.39, 0.29) is 6.04 Å². The highest BCUT2D eigenvalue weighted by molar-refractivity contribution is 5.20. The fraction of sp³-hybridized carbons (Fsp3) is 0.556. The van der Waals surface area contributed by atoms with Gasteiger partial charge in [0.25, 0.3) is 0 Å². The molecule has 1 unspecified atom stereocenters. The van der Waals surface area contributed by atoms with Crippen LogP contribution in [0, 0.1) is 0 Å². The van der Waals surface area contributed by atoms with E-state index < -0.39 is 0 Å². The molecule has 0 bridgehead atoms. The van der Waals surface area contributed by atoms with Crippen molar-refractivity contribution in [3.8, 4) is 0 Å². The van der Waals surface area contributed by atoms with Crippen LogP contribution in [0.2, 0.25) is 0 Å². The van der Waals surface area contributed by atoms with Crippen LogP contribution in [-0.4, -0.2) is 28.1 Å². The average Bonchev–Trinajstić information content (AvgIpc) is 3.05. The molecular formula is C18H25N3O. The highest BCUT2D eigenvalue weighted by Crippen LogP contribution is 2.31. The van der Waals surface area contributed by atoms with E-state index in [1.54, 1.807) is 0 Å². The van der Waals surface area contributed by atoms with Crippen molar-refractivity contribution in [3.63, 3.8) is 0 Å². The molecule has 4 heteroatoms. The third-order valence-electron chi connectivity index (χ3n) is 4.68. The van der Waals surface area contributed by atoms with Gasteiger partial charge >= 0.3 is 0 Å². The van der Waals surface area contributed by atoms with Crippen molar-refractivity contribution in [2.45, 2.75) is 51.5 Å². The first kappa shape index (κ1) is 15.2. The van der Waals surface area contributed by atoms with E-state index in [2.05, 4.69) is 66.1 Å². The summed E-state index contributed by atoms with van der Waals surface area (Å²) < 4.78 is 5.45. The predicted molar refractivity (Wildman–Crippen MR) is 86.8 cm³/mol. The zero-order valence-corrected chi connectivity index (χ0v) is 13.7. The molecule has 0 amide bonds. The molecule has 1 fully saturated rings. The van der Waals surface area contributed by atoms with Gasteiger partial charge in [0.2, 0.25) is 5.89 Å². The molecule has 0 saturated carbocycles. The second-order valence-electron chi connectivity index (χ2n) is 6.54. The Labute approximate surface area is 132 Å². The van der Waals surface area contributed by atoms with E-state index in [1.165, 1.54) is 18.4 Å². The molecule has 2 heterocycles. The topological polar surface area (TPSA) is 42.2 Å². The number of piperidine rings is 1. The maximum atomic E-state index is 5.45. The van der Waals surface area contributed by atoms with Gasteiger partial charge in [0.1, 0.15) is 0 Å². The molecule has 3 rings (SSSR count). The van der Waals surface area contributed by atoms with Crippen LogP contribution in [0.1, 0.15) is 68.8 Å². The summed E-state index contributed by atoms with van der Waals surface area (Å²) >= 11 is 0. The molecule has 1 aliphatic heterocycles. The molecule has 1 aromatic heterocycles. The van der Waals surface area contributed by atoms with E-state index in [4.69, 9.17) is 4.52 Å². The SMILES string of the molecule is CC(C)c1noc(C(C)N2CCC(c3ccccc3)CC2)n1. The zero-order chi connectivity index (χ0) is 15.5. The Bertz CT molecular complexity index is 585. The maximum Gasteiger partial charge on any atom is 0.243 e. The van der Waals surface area contributed by atoms with Crippen molar-refractivity contribution < 1.29 is 4.52 Å². The largest absolute Gasteiger partial charge is 0.338 e. The van der Waals surface area contributed by atoms with Crippen LogP contribution >= 0.6 is 0 Å². The van der Waals surface area contributed by atoms with Gasteiger partial charge in [0.15, 0.2) is 5.82 Å². The van der Waals surface area contributed by atoms with Gasteiger partial charge in [-0.1, -0.05) is 49.3 Å². The van der Waals surface area contributed by atoms with E-state index in [0.717, 1.165) is 24.8 Å². The minimum absolute atomic E-state index is 0.205.